The summed E-state index contributed by atoms with van der Waals surface area (Å²) in [5.41, 5.74) is 2.51. The third-order valence-electron chi connectivity index (χ3n) is 3.46. The van der Waals surface area contributed by atoms with E-state index in [1.54, 1.807) is 0 Å². The Morgan fingerprint density at radius 1 is 1.39 bits per heavy atom. The van der Waals surface area contributed by atoms with E-state index in [-0.39, 0.29) is 0 Å². The Bertz CT molecular complexity index is 521. The van der Waals surface area contributed by atoms with Gasteiger partial charge in [-0.15, -0.1) is 11.3 Å². The summed E-state index contributed by atoms with van der Waals surface area (Å²) < 4.78 is 0. The van der Waals surface area contributed by atoms with Crippen LogP contribution in [-0.2, 0) is 12.8 Å². The molecule has 4 heteroatoms. The molecule has 1 N–H and O–H groups in total. The Hall–Kier alpha value is -1.26. The minimum atomic E-state index is 0.772. The Morgan fingerprint density at radius 2 is 2.22 bits per heavy atom. The molecule has 3 rings (SSSR count). The van der Waals surface area contributed by atoms with Crippen molar-refractivity contribution < 1.29 is 0 Å². The van der Waals surface area contributed by atoms with E-state index in [2.05, 4.69) is 10.3 Å². The Labute approximate surface area is 111 Å². The first-order valence-electron chi connectivity index (χ1n) is 6.40. The molecule has 0 aromatic carbocycles. The molecule has 18 heavy (non-hydrogen) atoms. The quantitative estimate of drug-likeness (QED) is 0.920. The predicted octanol–water partition coefficient (Wildman–Crippen LogP) is 2.53. The standard InChI is InChI=1S/C14H17N3S/c1-15-9-10-2-3-12-13(8-10)18-14(17-12)11-4-6-16-7-5-11/h4-7,10,15H,2-3,8-9H2,1H3. The lowest BCUT2D eigenvalue weighted by Crippen LogP contribution is -2.24. The zero-order chi connectivity index (χ0) is 12.4. The van der Waals surface area contributed by atoms with Gasteiger partial charge in [0.2, 0.25) is 0 Å². The van der Waals surface area contributed by atoms with Gasteiger partial charge in [-0.1, -0.05) is 0 Å². The highest BCUT2D eigenvalue weighted by atomic mass is 32.1. The van der Waals surface area contributed by atoms with Crippen LogP contribution in [0, 0.1) is 5.92 Å². The molecule has 1 unspecified atom stereocenters. The number of pyridine rings is 1. The summed E-state index contributed by atoms with van der Waals surface area (Å²) in [7, 11) is 2.03. The average molecular weight is 259 g/mol. The topological polar surface area (TPSA) is 37.8 Å². The van der Waals surface area contributed by atoms with Crippen molar-refractivity contribution in [3.8, 4) is 10.6 Å². The summed E-state index contributed by atoms with van der Waals surface area (Å²) >= 11 is 1.85. The highest BCUT2D eigenvalue weighted by Gasteiger charge is 2.22. The SMILES string of the molecule is CNCC1CCc2nc(-c3ccncc3)sc2C1. The molecule has 1 atom stereocenters. The largest absolute Gasteiger partial charge is 0.319 e. The summed E-state index contributed by atoms with van der Waals surface area (Å²) in [5.74, 6) is 0.772. The molecule has 0 spiro atoms. The second kappa shape index (κ2) is 5.16. The van der Waals surface area contributed by atoms with Gasteiger partial charge in [-0.05, 0) is 50.9 Å². The van der Waals surface area contributed by atoms with Gasteiger partial charge in [-0.2, -0.15) is 0 Å². The van der Waals surface area contributed by atoms with Crippen molar-refractivity contribution in [2.75, 3.05) is 13.6 Å². The second-order valence-corrected chi connectivity index (χ2v) is 5.87. The maximum atomic E-state index is 4.79. The van der Waals surface area contributed by atoms with Gasteiger partial charge >= 0.3 is 0 Å². The van der Waals surface area contributed by atoms with Gasteiger partial charge in [0, 0.05) is 22.8 Å². The first-order valence-corrected chi connectivity index (χ1v) is 7.22. The average Bonchev–Trinajstić information content (AvgIpc) is 2.83. The lowest BCUT2D eigenvalue weighted by atomic mass is 9.91. The highest BCUT2D eigenvalue weighted by molar-refractivity contribution is 7.15. The molecule has 3 nitrogen and oxygen atoms in total. The van der Waals surface area contributed by atoms with E-state index < -0.39 is 0 Å². The van der Waals surface area contributed by atoms with E-state index in [4.69, 9.17) is 4.98 Å². The molecule has 0 saturated heterocycles. The number of hydrogen-bond acceptors (Lipinski definition) is 4. The summed E-state index contributed by atoms with van der Waals surface area (Å²) in [5, 5.41) is 4.43. The molecule has 2 aromatic heterocycles. The van der Waals surface area contributed by atoms with Crippen LogP contribution < -0.4 is 5.32 Å². The number of nitrogens with one attached hydrogen (secondary N) is 1. The third kappa shape index (κ3) is 2.31. The van der Waals surface area contributed by atoms with Gasteiger partial charge in [0.15, 0.2) is 0 Å². The molecule has 2 aromatic rings. The molecule has 0 amide bonds. The van der Waals surface area contributed by atoms with Gasteiger partial charge in [-0.25, -0.2) is 4.98 Å². The van der Waals surface area contributed by atoms with Crippen molar-refractivity contribution in [2.24, 2.45) is 5.92 Å². The molecule has 0 bridgehead atoms. The molecule has 0 radical (unpaired) electrons. The second-order valence-electron chi connectivity index (χ2n) is 4.79. The number of aromatic nitrogens is 2. The fraction of sp³-hybridized carbons (Fsp3) is 0.429. The van der Waals surface area contributed by atoms with Crippen molar-refractivity contribution in [3.05, 3.63) is 35.1 Å². The van der Waals surface area contributed by atoms with Gasteiger partial charge in [0.25, 0.3) is 0 Å². The molecule has 0 aliphatic heterocycles. The van der Waals surface area contributed by atoms with Crippen LogP contribution in [0.4, 0.5) is 0 Å². The minimum absolute atomic E-state index is 0.772. The first kappa shape index (κ1) is 11.8. The Kier molecular flexibility index (Phi) is 3.39. The number of thiazole rings is 1. The lowest BCUT2D eigenvalue weighted by Gasteiger charge is -2.20. The van der Waals surface area contributed by atoms with E-state index in [0.29, 0.717) is 0 Å². The summed E-state index contributed by atoms with van der Waals surface area (Å²) in [6.07, 6.45) is 7.23. The van der Waals surface area contributed by atoms with Gasteiger partial charge in [0.05, 0.1) is 5.69 Å². The first-order chi connectivity index (χ1) is 8.86. The summed E-state index contributed by atoms with van der Waals surface area (Å²) in [6, 6.07) is 4.07. The number of hydrogen-bond donors (Lipinski definition) is 1. The van der Waals surface area contributed by atoms with E-state index in [1.807, 2.05) is 42.9 Å². The Balaban J connectivity index is 1.85. The number of nitrogens with zero attached hydrogens (tertiary/aromatic N) is 2. The predicted molar refractivity (Wildman–Crippen MR) is 74.8 cm³/mol. The van der Waals surface area contributed by atoms with Crippen LogP contribution in [0.5, 0.6) is 0 Å². The monoisotopic (exact) mass is 259 g/mol. The molecule has 1 aliphatic carbocycles. The van der Waals surface area contributed by atoms with Crippen LogP contribution in [0.25, 0.3) is 10.6 Å². The minimum Gasteiger partial charge on any atom is -0.319 e. The van der Waals surface area contributed by atoms with Gasteiger partial charge in [-0.3, -0.25) is 4.98 Å². The summed E-state index contributed by atoms with van der Waals surface area (Å²) in [6.45, 7) is 1.11. The van der Waals surface area contributed by atoms with E-state index >= 15 is 0 Å². The fourth-order valence-electron chi connectivity index (χ4n) is 2.52. The van der Waals surface area contributed by atoms with E-state index in [1.165, 1.54) is 29.0 Å². The highest BCUT2D eigenvalue weighted by Crippen LogP contribution is 2.34. The van der Waals surface area contributed by atoms with Gasteiger partial charge in [0.1, 0.15) is 5.01 Å². The molecular weight excluding hydrogens is 242 g/mol. The van der Waals surface area contributed by atoms with Crippen molar-refractivity contribution in [2.45, 2.75) is 19.3 Å². The van der Waals surface area contributed by atoms with Crippen LogP contribution in [0.15, 0.2) is 24.5 Å². The zero-order valence-electron chi connectivity index (χ0n) is 10.5. The maximum Gasteiger partial charge on any atom is 0.123 e. The van der Waals surface area contributed by atoms with Crippen LogP contribution in [-0.4, -0.2) is 23.6 Å². The molecule has 1 aliphatic rings. The van der Waals surface area contributed by atoms with Crippen molar-refractivity contribution >= 4 is 11.3 Å². The lowest BCUT2D eigenvalue weighted by molar-refractivity contribution is 0.441. The number of rotatable bonds is 3. The van der Waals surface area contributed by atoms with Crippen LogP contribution in [0.3, 0.4) is 0 Å². The van der Waals surface area contributed by atoms with E-state index in [0.717, 1.165) is 23.9 Å². The molecule has 0 fully saturated rings. The fourth-order valence-corrected chi connectivity index (χ4v) is 3.75. The van der Waals surface area contributed by atoms with Crippen molar-refractivity contribution in [1.29, 1.82) is 0 Å². The van der Waals surface area contributed by atoms with Crippen molar-refractivity contribution in [3.63, 3.8) is 0 Å². The summed E-state index contributed by atoms with van der Waals surface area (Å²) in [4.78, 5) is 10.3. The molecule has 0 saturated carbocycles. The molecule has 2 heterocycles. The Morgan fingerprint density at radius 3 is 3.00 bits per heavy atom. The number of fused-ring (bicyclic) bond motifs is 1. The molecular formula is C14H17N3S. The zero-order valence-corrected chi connectivity index (χ0v) is 11.3. The molecule has 94 valence electrons. The number of aryl methyl sites for hydroxylation is 1. The van der Waals surface area contributed by atoms with Gasteiger partial charge < -0.3 is 5.32 Å². The van der Waals surface area contributed by atoms with Crippen molar-refractivity contribution in [1.82, 2.24) is 15.3 Å². The van der Waals surface area contributed by atoms with Crippen LogP contribution >= 0.6 is 11.3 Å². The maximum absolute atomic E-state index is 4.79. The van der Waals surface area contributed by atoms with Crippen LogP contribution in [0.1, 0.15) is 17.0 Å². The third-order valence-corrected chi connectivity index (χ3v) is 4.63. The van der Waals surface area contributed by atoms with E-state index in [9.17, 15) is 0 Å². The smallest absolute Gasteiger partial charge is 0.123 e. The van der Waals surface area contributed by atoms with Crippen LogP contribution in [0.2, 0.25) is 0 Å². The normalized spacial score (nSPS) is 18.6.